The second kappa shape index (κ2) is 5.26. The number of nitrogens with zero attached hydrogens (tertiary/aromatic N) is 1. The highest BCUT2D eigenvalue weighted by Crippen LogP contribution is 2.16. The summed E-state index contributed by atoms with van der Waals surface area (Å²) < 4.78 is 0. The van der Waals surface area contributed by atoms with Gasteiger partial charge in [-0.1, -0.05) is 13.0 Å². The number of hydrogen-bond acceptors (Lipinski definition) is 2. The molecular weight excluding hydrogens is 198 g/mol. The number of Topliss-reactive ketones (excluding diaryl/α,β-unsaturated/α-hetero) is 1. The van der Waals surface area contributed by atoms with E-state index in [1.165, 1.54) is 11.1 Å². The molecule has 0 heterocycles. The molecule has 0 bridgehead atoms. The van der Waals surface area contributed by atoms with E-state index >= 15 is 0 Å². The third kappa shape index (κ3) is 2.92. The zero-order chi connectivity index (χ0) is 12.3. The second-order valence-electron chi connectivity index (χ2n) is 4.50. The SMILES string of the molecule is CCN(C)CC(=O)c1cc(C)c(C)cc1C. The third-order valence-electron chi connectivity index (χ3n) is 3.09. The Labute approximate surface area is 98.3 Å². The van der Waals surface area contributed by atoms with Crippen LogP contribution in [-0.2, 0) is 0 Å². The van der Waals surface area contributed by atoms with E-state index in [1.54, 1.807) is 0 Å². The zero-order valence-corrected chi connectivity index (χ0v) is 10.9. The molecule has 0 fully saturated rings. The number of carbonyl (C=O) groups is 1. The molecule has 0 aliphatic heterocycles. The van der Waals surface area contributed by atoms with E-state index in [1.807, 2.05) is 24.9 Å². The number of rotatable bonds is 4. The Morgan fingerprint density at radius 3 is 2.25 bits per heavy atom. The maximum atomic E-state index is 12.1. The first-order chi connectivity index (χ1) is 7.45. The molecule has 2 nitrogen and oxygen atoms in total. The fourth-order valence-corrected chi connectivity index (χ4v) is 1.70. The van der Waals surface area contributed by atoms with Crippen LogP contribution in [0.2, 0.25) is 0 Å². The number of hydrogen-bond donors (Lipinski definition) is 0. The van der Waals surface area contributed by atoms with Crippen LogP contribution in [0.5, 0.6) is 0 Å². The van der Waals surface area contributed by atoms with Crippen molar-refractivity contribution in [1.82, 2.24) is 4.90 Å². The van der Waals surface area contributed by atoms with Crippen molar-refractivity contribution in [3.8, 4) is 0 Å². The highest BCUT2D eigenvalue weighted by Gasteiger charge is 2.12. The van der Waals surface area contributed by atoms with Gasteiger partial charge in [-0.3, -0.25) is 9.69 Å². The first kappa shape index (κ1) is 12.9. The van der Waals surface area contributed by atoms with Crippen molar-refractivity contribution in [3.05, 3.63) is 34.4 Å². The van der Waals surface area contributed by atoms with Gasteiger partial charge in [0.1, 0.15) is 0 Å². The fraction of sp³-hybridized carbons (Fsp3) is 0.500. The topological polar surface area (TPSA) is 20.3 Å². The molecule has 2 heteroatoms. The Bertz CT molecular complexity index is 396. The maximum absolute atomic E-state index is 12.1. The Balaban J connectivity index is 2.96. The Morgan fingerprint density at radius 1 is 1.12 bits per heavy atom. The minimum atomic E-state index is 0.213. The molecule has 0 spiro atoms. The van der Waals surface area contributed by atoms with Crippen molar-refractivity contribution < 1.29 is 4.79 Å². The molecule has 0 aliphatic carbocycles. The molecular formula is C14H21NO. The van der Waals surface area contributed by atoms with Crippen LogP contribution < -0.4 is 0 Å². The fourth-order valence-electron chi connectivity index (χ4n) is 1.70. The van der Waals surface area contributed by atoms with Crippen molar-refractivity contribution in [1.29, 1.82) is 0 Å². The summed E-state index contributed by atoms with van der Waals surface area (Å²) in [6, 6.07) is 4.10. The third-order valence-corrected chi connectivity index (χ3v) is 3.09. The molecule has 0 atom stereocenters. The predicted octanol–water partition coefficient (Wildman–Crippen LogP) is 2.75. The van der Waals surface area contributed by atoms with E-state index in [-0.39, 0.29) is 5.78 Å². The quantitative estimate of drug-likeness (QED) is 0.726. The summed E-state index contributed by atoms with van der Waals surface area (Å²) in [6.07, 6.45) is 0. The smallest absolute Gasteiger partial charge is 0.177 e. The van der Waals surface area contributed by atoms with Crippen molar-refractivity contribution >= 4 is 5.78 Å². The Hall–Kier alpha value is -1.15. The number of aryl methyl sites for hydroxylation is 3. The summed E-state index contributed by atoms with van der Waals surface area (Å²) in [6.45, 7) is 9.59. The second-order valence-corrected chi connectivity index (χ2v) is 4.50. The molecule has 1 aromatic carbocycles. The number of likely N-dealkylation sites (N-methyl/N-ethyl adjacent to an activating group) is 1. The summed E-state index contributed by atoms with van der Waals surface area (Å²) >= 11 is 0. The van der Waals surface area contributed by atoms with E-state index in [0.29, 0.717) is 6.54 Å². The molecule has 0 N–H and O–H groups in total. The van der Waals surface area contributed by atoms with Crippen LogP contribution in [0.15, 0.2) is 12.1 Å². The van der Waals surface area contributed by atoms with Crippen LogP contribution in [0, 0.1) is 20.8 Å². The summed E-state index contributed by atoms with van der Waals surface area (Å²) in [4.78, 5) is 14.1. The molecule has 0 radical (unpaired) electrons. The average molecular weight is 219 g/mol. The van der Waals surface area contributed by atoms with E-state index in [9.17, 15) is 4.79 Å². The van der Waals surface area contributed by atoms with E-state index < -0.39 is 0 Å². The van der Waals surface area contributed by atoms with Crippen LogP contribution in [0.1, 0.15) is 34.0 Å². The van der Waals surface area contributed by atoms with Crippen molar-refractivity contribution in [2.45, 2.75) is 27.7 Å². The summed E-state index contributed by atoms with van der Waals surface area (Å²) in [5, 5.41) is 0. The van der Waals surface area contributed by atoms with E-state index in [4.69, 9.17) is 0 Å². The van der Waals surface area contributed by atoms with E-state index in [2.05, 4.69) is 26.8 Å². The Morgan fingerprint density at radius 2 is 1.69 bits per heavy atom. The largest absolute Gasteiger partial charge is 0.299 e. The molecule has 0 aromatic heterocycles. The highest BCUT2D eigenvalue weighted by molar-refractivity contribution is 5.99. The molecule has 0 aliphatic rings. The molecule has 88 valence electrons. The van der Waals surface area contributed by atoms with Gasteiger partial charge in [0.2, 0.25) is 0 Å². The first-order valence-corrected chi connectivity index (χ1v) is 5.75. The first-order valence-electron chi connectivity index (χ1n) is 5.75. The molecule has 0 unspecified atom stereocenters. The van der Waals surface area contributed by atoms with Gasteiger partial charge >= 0.3 is 0 Å². The average Bonchev–Trinajstić information content (AvgIpc) is 2.23. The van der Waals surface area contributed by atoms with Gasteiger partial charge in [0.05, 0.1) is 6.54 Å². The minimum Gasteiger partial charge on any atom is -0.299 e. The number of ketones is 1. The molecule has 1 rings (SSSR count). The molecule has 0 saturated heterocycles. The molecule has 16 heavy (non-hydrogen) atoms. The van der Waals surface area contributed by atoms with Crippen LogP contribution in [0.4, 0.5) is 0 Å². The van der Waals surface area contributed by atoms with Crippen LogP contribution in [0.3, 0.4) is 0 Å². The van der Waals surface area contributed by atoms with Gasteiger partial charge < -0.3 is 0 Å². The molecule has 0 saturated carbocycles. The van der Waals surface area contributed by atoms with Crippen LogP contribution >= 0.6 is 0 Å². The van der Waals surface area contributed by atoms with Gasteiger partial charge in [-0.05, 0) is 57.1 Å². The lowest BCUT2D eigenvalue weighted by molar-refractivity contribution is 0.0948. The lowest BCUT2D eigenvalue weighted by Gasteiger charge is -2.14. The highest BCUT2D eigenvalue weighted by atomic mass is 16.1. The maximum Gasteiger partial charge on any atom is 0.177 e. The summed E-state index contributed by atoms with van der Waals surface area (Å²) in [5.74, 6) is 0.213. The standard InChI is InChI=1S/C14H21NO/c1-6-15(5)9-14(16)13-8-11(3)10(2)7-12(13)4/h7-8H,6,9H2,1-5H3. The van der Waals surface area contributed by atoms with Gasteiger partial charge in [-0.2, -0.15) is 0 Å². The van der Waals surface area contributed by atoms with Crippen molar-refractivity contribution in [2.24, 2.45) is 0 Å². The van der Waals surface area contributed by atoms with Gasteiger partial charge in [-0.25, -0.2) is 0 Å². The van der Waals surface area contributed by atoms with Crippen molar-refractivity contribution in [3.63, 3.8) is 0 Å². The van der Waals surface area contributed by atoms with Crippen LogP contribution in [0.25, 0.3) is 0 Å². The van der Waals surface area contributed by atoms with Crippen LogP contribution in [-0.4, -0.2) is 30.8 Å². The molecule has 0 amide bonds. The Kier molecular flexibility index (Phi) is 4.25. The number of benzene rings is 1. The lowest BCUT2D eigenvalue weighted by atomic mass is 9.98. The minimum absolute atomic E-state index is 0.213. The van der Waals surface area contributed by atoms with Gasteiger partial charge in [0.25, 0.3) is 0 Å². The van der Waals surface area contributed by atoms with E-state index in [0.717, 1.165) is 17.7 Å². The summed E-state index contributed by atoms with van der Waals surface area (Å²) in [5.41, 5.74) is 4.38. The monoisotopic (exact) mass is 219 g/mol. The summed E-state index contributed by atoms with van der Waals surface area (Å²) in [7, 11) is 1.97. The molecule has 1 aromatic rings. The number of carbonyl (C=O) groups excluding carboxylic acids is 1. The van der Waals surface area contributed by atoms with Gasteiger partial charge in [0, 0.05) is 5.56 Å². The van der Waals surface area contributed by atoms with Gasteiger partial charge in [-0.15, -0.1) is 0 Å². The normalized spacial score (nSPS) is 10.9. The van der Waals surface area contributed by atoms with Gasteiger partial charge in [0.15, 0.2) is 5.78 Å². The lowest BCUT2D eigenvalue weighted by Crippen LogP contribution is -2.26. The zero-order valence-electron chi connectivity index (χ0n) is 10.9. The predicted molar refractivity (Wildman–Crippen MR) is 68.2 cm³/mol. The van der Waals surface area contributed by atoms with Crippen molar-refractivity contribution in [2.75, 3.05) is 20.1 Å².